The Balaban J connectivity index is 2.52. The van der Waals surface area contributed by atoms with E-state index in [0.717, 1.165) is 18.5 Å². The zero-order valence-corrected chi connectivity index (χ0v) is 14.9. The lowest BCUT2D eigenvalue weighted by molar-refractivity contribution is -0.137. The summed E-state index contributed by atoms with van der Waals surface area (Å²) >= 11 is 0. The zero-order valence-electron chi connectivity index (χ0n) is 14.1. The van der Waals surface area contributed by atoms with Gasteiger partial charge in [0.15, 0.2) is 9.84 Å². The number of aliphatic hydroxyl groups is 1. The van der Waals surface area contributed by atoms with Crippen molar-refractivity contribution in [1.29, 1.82) is 0 Å². The van der Waals surface area contributed by atoms with Gasteiger partial charge in [0.2, 0.25) is 5.88 Å². The number of pyridine rings is 1. The highest BCUT2D eigenvalue weighted by Gasteiger charge is 2.35. The highest BCUT2D eigenvalue weighted by atomic mass is 32.2. The third-order valence-electron chi connectivity index (χ3n) is 3.57. The van der Waals surface area contributed by atoms with Crippen LogP contribution < -0.4 is 4.74 Å². The zero-order chi connectivity index (χ0) is 19.5. The number of hydrogen-bond acceptors (Lipinski definition) is 5. The van der Waals surface area contributed by atoms with Gasteiger partial charge in [-0.3, -0.25) is 0 Å². The number of alkyl halides is 3. The number of benzene rings is 1. The average molecular weight is 389 g/mol. The van der Waals surface area contributed by atoms with E-state index in [1.54, 1.807) is 0 Å². The van der Waals surface area contributed by atoms with Crippen molar-refractivity contribution in [2.45, 2.75) is 30.5 Å². The van der Waals surface area contributed by atoms with Crippen LogP contribution >= 0.6 is 0 Å². The molecule has 0 saturated carbocycles. The van der Waals surface area contributed by atoms with Crippen molar-refractivity contribution in [2.75, 3.05) is 12.9 Å². The maximum absolute atomic E-state index is 13.4. The molecular weight excluding hydrogens is 371 g/mol. The van der Waals surface area contributed by atoms with Crippen molar-refractivity contribution in [1.82, 2.24) is 4.98 Å². The summed E-state index contributed by atoms with van der Waals surface area (Å²) in [6, 6.07) is 5.87. The summed E-state index contributed by atoms with van der Waals surface area (Å²) in [5.74, 6) is -0.229. The van der Waals surface area contributed by atoms with Gasteiger partial charge in [-0.2, -0.15) is 13.2 Å². The molecule has 2 rings (SSSR count). The molecule has 1 atom stereocenters. The summed E-state index contributed by atoms with van der Waals surface area (Å²) in [7, 11) is -3.47. The Kier molecular flexibility index (Phi) is 5.92. The molecule has 26 heavy (non-hydrogen) atoms. The van der Waals surface area contributed by atoms with E-state index in [1.807, 2.05) is 0 Å². The second-order valence-corrected chi connectivity index (χ2v) is 7.83. The summed E-state index contributed by atoms with van der Waals surface area (Å²) in [6.07, 6.45) is -3.08. The van der Waals surface area contributed by atoms with Crippen LogP contribution in [0.15, 0.2) is 41.4 Å². The average Bonchev–Trinajstić information content (AvgIpc) is 2.53. The first-order valence-corrected chi connectivity index (χ1v) is 9.57. The highest BCUT2D eigenvalue weighted by molar-refractivity contribution is 7.90. The molecule has 0 amide bonds. The van der Waals surface area contributed by atoms with Gasteiger partial charge in [-0.05, 0) is 30.7 Å². The molecule has 0 spiro atoms. The molecule has 0 aliphatic carbocycles. The molecule has 5 nitrogen and oxygen atoms in total. The van der Waals surface area contributed by atoms with Gasteiger partial charge in [-0.15, -0.1) is 0 Å². The van der Waals surface area contributed by atoms with E-state index < -0.39 is 27.7 Å². The molecule has 1 aromatic carbocycles. The van der Waals surface area contributed by atoms with Crippen molar-refractivity contribution in [2.24, 2.45) is 0 Å². The van der Waals surface area contributed by atoms with Crippen molar-refractivity contribution in [3.63, 3.8) is 0 Å². The van der Waals surface area contributed by atoms with E-state index in [2.05, 4.69) is 4.98 Å². The molecule has 0 fully saturated rings. The molecule has 1 N–H and O–H groups in total. The Bertz CT molecular complexity index is 863. The van der Waals surface area contributed by atoms with Crippen molar-refractivity contribution in [3.05, 3.63) is 42.1 Å². The minimum absolute atomic E-state index is 0.00438. The Hall–Kier alpha value is -2.13. The third-order valence-corrected chi connectivity index (χ3v) is 4.70. The highest BCUT2D eigenvalue weighted by Crippen LogP contribution is 2.41. The maximum atomic E-state index is 13.4. The fourth-order valence-electron chi connectivity index (χ4n) is 2.26. The van der Waals surface area contributed by atoms with Crippen LogP contribution in [0.4, 0.5) is 13.2 Å². The number of sulfone groups is 1. The lowest BCUT2D eigenvalue weighted by Crippen LogP contribution is -2.12. The van der Waals surface area contributed by atoms with Gasteiger partial charge in [-0.1, -0.05) is 12.1 Å². The molecule has 0 bridgehead atoms. The normalized spacial score (nSPS) is 13.5. The molecule has 9 heteroatoms. The summed E-state index contributed by atoms with van der Waals surface area (Å²) < 4.78 is 68.7. The van der Waals surface area contributed by atoms with Crippen LogP contribution in [0.1, 0.15) is 18.9 Å². The summed E-state index contributed by atoms with van der Waals surface area (Å²) in [5.41, 5.74) is -1.08. The van der Waals surface area contributed by atoms with Gasteiger partial charge in [-0.25, -0.2) is 13.4 Å². The van der Waals surface area contributed by atoms with Crippen LogP contribution in [0.25, 0.3) is 11.1 Å². The van der Waals surface area contributed by atoms with Crippen molar-refractivity contribution >= 4 is 9.84 Å². The molecule has 1 heterocycles. The Morgan fingerprint density at radius 3 is 2.31 bits per heavy atom. The Morgan fingerprint density at radius 1 is 1.19 bits per heavy atom. The number of halogens is 3. The van der Waals surface area contributed by atoms with Crippen molar-refractivity contribution < 1.29 is 31.4 Å². The third kappa shape index (κ3) is 4.95. The molecular formula is C17H18F3NO4S. The molecule has 1 aromatic heterocycles. The number of aliphatic hydroxyl groups excluding tert-OH is 1. The number of aromatic nitrogens is 1. The van der Waals surface area contributed by atoms with Gasteiger partial charge in [0.25, 0.3) is 0 Å². The summed E-state index contributed by atoms with van der Waals surface area (Å²) in [6.45, 7) is 1.52. The number of nitrogens with zero attached hydrogens (tertiary/aromatic N) is 1. The molecule has 0 radical (unpaired) electrons. The molecule has 2 aromatic rings. The Morgan fingerprint density at radius 2 is 1.81 bits per heavy atom. The smallest absolute Gasteiger partial charge is 0.417 e. The van der Waals surface area contributed by atoms with E-state index in [9.17, 15) is 26.7 Å². The van der Waals surface area contributed by atoms with Gasteiger partial charge < -0.3 is 9.84 Å². The maximum Gasteiger partial charge on any atom is 0.417 e. The van der Waals surface area contributed by atoms with Crippen LogP contribution in [0, 0.1) is 0 Å². The van der Waals surface area contributed by atoms with Gasteiger partial charge in [0.05, 0.1) is 28.7 Å². The lowest BCUT2D eigenvalue weighted by Gasteiger charge is -2.17. The number of rotatable bonds is 6. The largest absolute Gasteiger partial charge is 0.477 e. The first-order valence-electron chi connectivity index (χ1n) is 7.67. The van der Waals surface area contributed by atoms with Crippen LogP contribution in [0.5, 0.6) is 5.88 Å². The minimum Gasteiger partial charge on any atom is -0.477 e. The Labute approximate surface area is 149 Å². The van der Waals surface area contributed by atoms with Crippen molar-refractivity contribution in [3.8, 4) is 17.0 Å². The van der Waals surface area contributed by atoms with E-state index in [4.69, 9.17) is 4.74 Å². The topological polar surface area (TPSA) is 76.5 Å². The second-order valence-electron chi connectivity index (χ2n) is 5.82. The van der Waals surface area contributed by atoms with E-state index in [1.165, 1.54) is 31.2 Å². The predicted molar refractivity (Wildman–Crippen MR) is 89.6 cm³/mol. The van der Waals surface area contributed by atoms with Crippen LogP contribution in [0.3, 0.4) is 0 Å². The molecule has 142 valence electrons. The second kappa shape index (κ2) is 7.63. The fourth-order valence-corrected chi connectivity index (χ4v) is 2.89. The number of ether oxygens (including phenoxy) is 1. The molecule has 0 aliphatic heterocycles. The molecule has 0 unspecified atom stereocenters. The van der Waals surface area contributed by atoms with Gasteiger partial charge in [0.1, 0.15) is 0 Å². The monoisotopic (exact) mass is 389 g/mol. The van der Waals surface area contributed by atoms with Gasteiger partial charge >= 0.3 is 6.18 Å². The van der Waals surface area contributed by atoms with E-state index in [0.29, 0.717) is 0 Å². The van der Waals surface area contributed by atoms with Crippen LogP contribution in [-0.4, -0.2) is 37.5 Å². The first kappa shape index (κ1) is 20.2. The lowest BCUT2D eigenvalue weighted by atomic mass is 10.0. The molecule has 0 saturated heterocycles. The fraction of sp³-hybridized carbons (Fsp3) is 0.353. The quantitative estimate of drug-likeness (QED) is 0.820. The van der Waals surface area contributed by atoms with Crippen LogP contribution in [0.2, 0.25) is 0 Å². The van der Waals surface area contributed by atoms with E-state index in [-0.39, 0.29) is 34.9 Å². The predicted octanol–water partition coefficient (Wildman–Crippen LogP) is 3.32. The summed E-state index contributed by atoms with van der Waals surface area (Å²) in [5, 5.41) is 9.27. The minimum atomic E-state index is -4.64. The molecule has 0 aliphatic rings. The first-order chi connectivity index (χ1) is 12.0. The summed E-state index contributed by atoms with van der Waals surface area (Å²) in [4.78, 5) is 3.87. The standard InChI is InChI=1S/C17H18F3NO4S/c1-11(22)8-10-25-16-15(14(7-9-21-16)17(18,19)20)12-3-5-13(6-4-12)26(2,23)24/h3-7,9,11,22H,8,10H2,1-2H3/t11-/m0/s1. The number of hydrogen-bond donors (Lipinski definition) is 1. The SMILES string of the molecule is C[C@H](O)CCOc1nccc(C(F)(F)F)c1-c1ccc(S(C)(=O)=O)cc1. The van der Waals surface area contributed by atoms with Gasteiger partial charge in [0, 0.05) is 18.9 Å². The van der Waals surface area contributed by atoms with E-state index >= 15 is 0 Å². The van der Waals surface area contributed by atoms with Crippen LogP contribution in [-0.2, 0) is 16.0 Å².